The normalized spacial score (nSPS) is 23.9. The lowest BCUT2D eigenvalue weighted by Gasteiger charge is -2.23. The van der Waals surface area contributed by atoms with Gasteiger partial charge >= 0.3 is 0 Å². The van der Waals surface area contributed by atoms with Crippen LogP contribution in [0.4, 0.5) is 0 Å². The zero-order valence-corrected chi connectivity index (χ0v) is 9.91. The van der Waals surface area contributed by atoms with E-state index in [1.165, 1.54) is 12.8 Å². The first-order valence-electron chi connectivity index (χ1n) is 6.34. The highest BCUT2D eigenvalue weighted by Crippen LogP contribution is 2.27. The fourth-order valence-electron chi connectivity index (χ4n) is 2.62. The second-order valence-electron chi connectivity index (χ2n) is 5.15. The van der Waals surface area contributed by atoms with Crippen LogP contribution in [-0.4, -0.2) is 42.6 Å². The molecule has 0 bridgehead atoms. The standard InChI is InChI=1S/C12H22N2O2/c13-12(5-1-2-6-12)10-16-9-11(15)14-7-3-4-8-14/h1-10,13H2. The van der Waals surface area contributed by atoms with Crippen molar-refractivity contribution in [1.82, 2.24) is 4.90 Å². The third-order valence-corrected chi connectivity index (χ3v) is 3.67. The molecular weight excluding hydrogens is 204 g/mol. The Labute approximate surface area is 97.1 Å². The average molecular weight is 226 g/mol. The van der Waals surface area contributed by atoms with Crippen LogP contribution in [0.15, 0.2) is 0 Å². The van der Waals surface area contributed by atoms with E-state index in [0.717, 1.165) is 38.8 Å². The molecule has 4 nitrogen and oxygen atoms in total. The Morgan fingerprint density at radius 3 is 2.44 bits per heavy atom. The molecule has 1 aliphatic carbocycles. The summed E-state index contributed by atoms with van der Waals surface area (Å²) < 4.78 is 5.48. The van der Waals surface area contributed by atoms with Gasteiger partial charge in [-0.05, 0) is 25.7 Å². The lowest BCUT2D eigenvalue weighted by atomic mass is 10.0. The van der Waals surface area contributed by atoms with Crippen LogP contribution in [0.5, 0.6) is 0 Å². The zero-order chi connectivity index (χ0) is 11.4. The van der Waals surface area contributed by atoms with E-state index in [0.29, 0.717) is 6.61 Å². The quantitative estimate of drug-likeness (QED) is 0.774. The zero-order valence-electron chi connectivity index (χ0n) is 9.91. The Bertz CT molecular complexity index is 243. The molecule has 4 heteroatoms. The van der Waals surface area contributed by atoms with E-state index >= 15 is 0 Å². The van der Waals surface area contributed by atoms with E-state index < -0.39 is 0 Å². The molecule has 2 rings (SSSR count). The molecule has 0 aromatic carbocycles. The summed E-state index contributed by atoms with van der Waals surface area (Å²) in [5.74, 6) is 0.124. The number of nitrogens with zero attached hydrogens (tertiary/aromatic N) is 1. The Balaban J connectivity index is 1.65. The van der Waals surface area contributed by atoms with Crippen molar-refractivity contribution < 1.29 is 9.53 Å². The van der Waals surface area contributed by atoms with E-state index in [2.05, 4.69) is 0 Å². The Kier molecular flexibility index (Phi) is 3.82. The predicted octanol–water partition coefficient (Wildman–Crippen LogP) is 0.897. The first-order chi connectivity index (χ1) is 7.70. The molecule has 1 heterocycles. The van der Waals surface area contributed by atoms with Gasteiger partial charge in [-0.2, -0.15) is 0 Å². The van der Waals surface area contributed by atoms with Crippen LogP contribution < -0.4 is 5.73 Å². The first-order valence-corrected chi connectivity index (χ1v) is 6.34. The summed E-state index contributed by atoms with van der Waals surface area (Å²) in [6.45, 7) is 2.54. The number of carbonyl (C=O) groups excluding carboxylic acids is 1. The summed E-state index contributed by atoms with van der Waals surface area (Å²) in [5.41, 5.74) is 5.99. The van der Waals surface area contributed by atoms with Gasteiger partial charge in [0.2, 0.25) is 5.91 Å². The predicted molar refractivity (Wildman–Crippen MR) is 62.0 cm³/mol. The van der Waals surface area contributed by atoms with E-state index in [1.54, 1.807) is 0 Å². The summed E-state index contributed by atoms with van der Waals surface area (Å²) in [7, 11) is 0. The van der Waals surface area contributed by atoms with Gasteiger partial charge in [0.15, 0.2) is 0 Å². The van der Waals surface area contributed by atoms with Crippen molar-refractivity contribution in [2.24, 2.45) is 5.73 Å². The van der Waals surface area contributed by atoms with Gasteiger partial charge in [-0.25, -0.2) is 0 Å². The molecule has 0 aromatic heterocycles. The fraction of sp³-hybridized carbons (Fsp3) is 0.917. The van der Waals surface area contributed by atoms with Gasteiger partial charge in [-0.3, -0.25) is 4.79 Å². The van der Waals surface area contributed by atoms with Crippen molar-refractivity contribution in [2.45, 2.75) is 44.1 Å². The summed E-state index contributed by atoms with van der Waals surface area (Å²) >= 11 is 0. The average Bonchev–Trinajstić information content (AvgIpc) is 2.88. The molecular formula is C12H22N2O2. The van der Waals surface area contributed by atoms with E-state index in [4.69, 9.17) is 10.5 Å². The van der Waals surface area contributed by atoms with Gasteiger partial charge in [-0.15, -0.1) is 0 Å². The highest BCUT2D eigenvalue weighted by atomic mass is 16.5. The van der Waals surface area contributed by atoms with Crippen LogP contribution in [-0.2, 0) is 9.53 Å². The minimum Gasteiger partial charge on any atom is -0.370 e. The van der Waals surface area contributed by atoms with Crippen molar-refractivity contribution in [3.63, 3.8) is 0 Å². The Morgan fingerprint density at radius 1 is 1.19 bits per heavy atom. The number of ether oxygens (including phenoxy) is 1. The Morgan fingerprint density at radius 2 is 1.81 bits per heavy atom. The molecule has 0 aromatic rings. The summed E-state index contributed by atoms with van der Waals surface area (Å²) in [4.78, 5) is 13.6. The molecule has 0 spiro atoms. The number of hydrogen-bond acceptors (Lipinski definition) is 3. The largest absolute Gasteiger partial charge is 0.370 e. The minimum absolute atomic E-state index is 0.124. The van der Waals surface area contributed by atoms with E-state index in [9.17, 15) is 4.79 Å². The van der Waals surface area contributed by atoms with Crippen LogP contribution in [0.1, 0.15) is 38.5 Å². The number of hydrogen-bond donors (Lipinski definition) is 1. The summed E-state index contributed by atoms with van der Waals surface area (Å²) in [6, 6.07) is 0. The summed E-state index contributed by atoms with van der Waals surface area (Å²) in [5, 5.41) is 0. The van der Waals surface area contributed by atoms with Gasteiger partial charge in [0.1, 0.15) is 6.61 Å². The van der Waals surface area contributed by atoms with Gasteiger partial charge < -0.3 is 15.4 Å². The molecule has 0 unspecified atom stereocenters. The molecule has 92 valence electrons. The van der Waals surface area contributed by atoms with Gasteiger partial charge in [0.05, 0.1) is 6.61 Å². The van der Waals surface area contributed by atoms with Crippen LogP contribution in [0, 0.1) is 0 Å². The van der Waals surface area contributed by atoms with Crippen LogP contribution >= 0.6 is 0 Å². The molecule has 1 aliphatic heterocycles. The molecule has 16 heavy (non-hydrogen) atoms. The highest BCUT2D eigenvalue weighted by Gasteiger charge is 2.30. The maximum Gasteiger partial charge on any atom is 0.248 e. The maximum atomic E-state index is 11.7. The number of nitrogens with two attached hydrogens (primary N) is 1. The van der Waals surface area contributed by atoms with Crippen molar-refractivity contribution >= 4 is 5.91 Å². The topological polar surface area (TPSA) is 55.6 Å². The lowest BCUT2D eigenvalue weighted by molar-refractivity contribution is -0.135. The minimum atomic E-state index is -0.161. The lowest BCUT2D eigenvalue weighted by Crippen LogP contribution is -2.42. The van der Waals surface area contributed by atoms with Gasteiger partial charge in [0, 0.05) is 18.6 Å². The van der Waals surface area contributed by atoms with Crippen molar-refractivity contribution in [3.05, 3.63) is 0 Å². The highest BCUT2D eigenvalue weighted by molar-refractivity contribution is 5.77. The monoisotopic (exact) mass is 226 g/mol. The third kappa shape index (κ3) is 2.95. The van der Waals surface area contributed by atoms with Crippen molar-refractivity contribution in [3.8, 4) is 0 Å². The second kappa shape index (κ2) is 5.15. The number of amides is 1. The van der Waals surface area contributed by atoms with E-state index in [1.807, 2.05) is 4.90 Å². The molecule has 2 N–H and O–H groups in total. The van der Waals surface area contributed by atoms with Crippen molar-refractivity contribution in [1.29, 1.82) is 0 Å². The third-order valence-electron chi connectivity index (χ3n) is 3.67. The second-order valence-corrected chi connectivity index (χ2v) is 5.15. The smallest absolute Gasteiger partial charge is 0.248 e. The van der Waals surface area contributed by atoms with Crippen LogP contribution in [0.3, 0.4) is 0 Å². The van der Waals surface area contributed by atoms with Gasteiger partial charge in [0.25, 0.3) is 0 Å². The molecule has 1 saturated heterocycles. The number of rotatable bonds is 4. The molecule has 2 fully saturated rings. The number of carbonyl (C=O) groups is 1. The maximum absolute atomic E-state index is 11.7. The van der Waals surface area contributed by atoms with Gasteiger partial charge in [-0.1, -0.05) is 12.8 Å². The molecule has 1 saturated carbocycles. The molecule has 0 atom stereocenters. The molecule has 2 aliphatic rings. The summed E-state index contributed by atoms with van der Waals surface area (Å²) in [6.07, 6.45) is 6.72. The van der Waals surface area contributed by atoms with Crippen LogP contribution in [0.25, 0.3) is 0 Å². The molecule has 0 radical (unpaired) electrons. The SMILES string of the molecule is NC1(COCC(=O)N2CCCC2)CCCC1. The Hall–Kier alpha value is -0.610. The van der Waals surface area contributed by atoms with Crippen LogP contribution in [0.2, 0.25) is 0 Å². The fourth-order valence-corrected chi connectivity index (χ4v) is 2.62. The van der Waals surface area contributed by atoms with E-state index in [-0.39, 0.29) is 18.1 Å². The molecule has 1 amide bonds. The van der Waals surface area contributed by atoms with Crippen molar-refractivity contribution in [2.75, 3.05) is 26.3 Å². The number of likely N-dealkylation sites (tertiary alicyclic amines) is 1. The first kappa shape index (κ1) is 11.9.